The van der Waals surface area contributed by atoms with Gasteiger partial charge >= 0.3 is 0 Å². The van der Waals surface area contributed by atoms with Crippen LogP contribution in [-0.2, 0) is 0 Å². The largest absolute Gasteiger partial charge is 0.247 e. The molecule has 0 aromatic carbocycles. The van der Waals surface area contributed by atoms with Crippen LogP contribution >= 0.6 is 0 Å². The van der Waals surface area contributed by atoms with Gasteiger partial charge in [-0.15, -0.1) is 0 Å². The lowest BCUT2D eigenvalue weighted by Crippen LogP contribution is -2.27. The van der Waals surface area contributed by atoms with Crippen LogP contribution in [0, 0.1) is 11.3 Å². The van der Waals surface area contributed by atoms with E-state index < -0.39 is 6.17 Å². The molecule has 1 saturated carbocycles. The Kier molecular flexibility index (Phi) is 2.56. The van der Waals surface area contributed by atoms with Crippen LogP contribution in [0.4, 0.5) is 4.39 Å². The first-order valence-electron chi connectivity index (χ1n) is 4.72. The molecule has 0 aromatic rings. The minimum Gasteiger partial charge on any atom is -0.247 e. The van der Waals surface area contributed by atoms with E-state index in [0.717, 1.165) is 25.7 Å². The Bertz CT molecular complexity index is 129. The van der Waals surface area contributed by atoms with E-state index in [9.17, 15) is 4.39 Å². The van der Waals surface area contributed by atoms with E-state index in [1.54, 1.807) is 0 Å². The molecule has 0 heterocycles. The molecule has 1 aliphatic carbocycles. The molecule has 0 N–H and O–H groups in total. The fourth-order valence-corrected chi connectivity index (χ4v) is 2.06. The van der Waals surface area contributed by atoms with Crippen LogP contribution in [0.1, 0.15) is 46.5 Å². The van der Waals surface area contributed by atoms with E-state index in [-0.39, 0.29) is 5.41 Å². The first-order valence-corrected chi connectivity index (χ1v) is 4.72. The van der Waals surface area contributed by atoms with Crippen LogP contribution < -0.4 is 0 Å². The van der Waals surface area contributed by atoms with Gasteiger partial charge < -0.3 is 0 Å². The first kappa shape index (κ1) is 9.02. The molecule has 2 atom stereocenters. The van der Waals surface area contributed by atoms with Crippen molar-refractivity contribution < 1.29 is 4.39 Å². The molecule has 0 radical (unpaired) electrons. The highest BCUT2D eigenvalue weighted by Crippen LogP contribution is 2.43. The Balaban J connectivity index is 2.58. The summed E-state index contributed by atoms with van der Waals surface area (Å²) in [6.45, 7) is 6.54. The Hall–Kier alpha value is -0.0700. The van der Waals surface area contributed by atoms with Crippen molar-refractivity contribution >= 4 is 0 Å². The fraction of sp³-hybridized carbons (Fsp3) is 1.00. The summed E-state index contributed by atoms with van der Waals surface area (Å²) in [5, 5.41) is 0. The maximum Gasteiger partial charge on any atom is 0.103 e. The van der Waals surface area contributed by atoms with Gasteiger partial charge in [0.25, 0.3) is 0 Å². The summed E-state index contributed by atoms with van der Waals surface area (Å²) in [5.74, 6) is 0.326. The second-order valence-electron chi connectivity index (χ2n) is 4.40. The van der Waals surface area contributed by atoms with Crippen molar-refractivity contribution in [2.24, 2.45) is 11.3 Å². The maximum atomic E-state index is 13.3. The van der Waals surface area contributed by atoms with Crippen molar-refractivity contribution in [1.82, 2.24) is 0 Å². The fourth-order valence-electron chi connectivity index (χ4n) is 2.06. The Morgan fingerprint density at radius 1 is 1.36 bits per heavy atom. The van der Waals surface area contributed by atoms with Gasteiger partial charge in [0.1, 0.15) is 6.17 Å². The normalized spacial score (nSPS) is 32.7. The molecule has 1 fully saturated rings. The van der Waals surface area contributed by atoms with Crippen LogP contribution in [-0.4, -0.2) is 6.17 Å². The lowest BCUT2D eigenvalue weighted by molar-refractivity contribution is 0.123. The minimum atomic E-state index is -0.523. The second kappa shape index (κ2) is 3.12. The number of halogens is 1. The molecule has 0 bridgehead atoms. The van der Waals surface area contributed by atoms with E-state index in [1.807, 2.05) is 0 Å². The Morgan fingerprint density at radius 3 is 2.36 bits per heavy atom. The van der Waals surface area contributed by atoms with Crippen LogP contribution in [0.5, 0.6) is 0 Å². The van der Waals surface area contributed by atoms with E-state index in [1.165, 1.54) is 0 Å². The SMILES string of the molecule is CCC(C)(C)[C@@H]1CCC[C@H]1F. The molecule has 1 aliphatic rings. The second-order valence-corrected chi connectivity index (χ2v) is 4.40. The highest BCUT2D eigenvalue weighted by molar-refractivity contribution is 4.87. The predicted octanol–water partition coefficient (Wildman–Crippen LogP) is 3.56. The molecule has 11 heavy (non-hydrogen) atoms. The number of alkyl halides is 1. The molecule has 0 aliphatic heterocycles. The summed E-state index contributed by atoms with van der Waals surface area (Å²) >= 11 is 0. The summed E-state index contributed by atoms with van der Waals surface area (Å²) < 4.78 is 13.3. The summed E-state index contributed by atoms with van der Waals surface area (Å²) in [6, 6.07) is 0. The van der Waals surface area contributed by atoms with Crippen molar-refractivity contribution in [2.75, 3.05) is 0 Å². The summed E-state index contributed by atoms with van der Waals surface area (Å²) in [4.78, 5) is 0. The third-order valence-electron chi connectivity index (χ3n) is 3.35. The van der Waals surface area contributed by atoms with Gasteiger partial charge in [-0.2, -0.15) is 0 Å². The topological polar surface area (TPSA) is 0 Å². The van der Waals surface area contributed by atoms with Gasteiger partial charge in [-0.25, -0.2) is 4.39 Å². The zero-order chi connectivity index (χ0) is 8.48. The van der Waals surface area contributed by atoms with Crippen LogP contribution in [0.2, 0.25) is 0 Å². The maximum absolute atomic E-state index is 13.3. The monoisotopic (exact) mass is 158 g/mol. The van der Waals surface area contributed by atoms with Crippen LogP contribution in [0.3, 0.4) is 0 Å². The number of hydrogen-bond acceptors (Lipinski definition) is 0. The molecule has 1 rings (SSSR count). The van der Waals surface area contributed by atoms with E-state index >= 15 is 0 Å². The van der Waals surface area contributed by atoms with Crippen molar-refractivity contribution in [3.05, 3.63) is 0 Å². The highest BCUT2D eigenvalue weighted by atomic mass is 19.1. The molecule has 0 saturated heterocycles. The van der Waals surface area contributed by atoms with Crippen LogP contribution in [0.25, 0.3) is 0 Å². The lowest BCUT2D eigenvalue weighted by atomic mass is 9.75. The molecule has 66 valence electrons. The number of hydrogen-bond donors (Lipinski definition) is 0. The quantitative estimate of drug-likeness (QED) is 0.576. The van der Waals surface area contributed by atoms with Gasteiger partial charge in [-0.05, 0) is 24.2 Å². The standard InChI is InChI=1S/C10H19F/c1-4-10(2,3)8-6-5-7-9(8)11/h8-9H,4-7H2,1-3H3/t8-,9-/m1/s1. The van der Waals surface area contributed by atoms with Crippen molar-refractivity contribution in [3.63, 3.8) is 0 Å². The molecule has 0 spiro atoms. The van der Waals surface area contributed by atoms with Crippen molar-refractivity contribution in [1.29, 1.82) is 0 Å². The summed E-state index contributed by atoms with van der Waals surface area (Å²) in [6.07, 6.45) is 3.56. The highest BCUT2D eigenvalue weighted by Gasteiger charge is 2.37. The predicted molar refractivity (Wildman–Crippen MR) is 46.3 cm³/mol. The van der Waals surface area contributed by atoms with E-state index in [2.05, 4.69) is 20.8 Å². The molecule has 1 heteroatoms. The molecule has 0 unspecified atom stereocenters. The number of rotatable bonds is 2. The van der Waals surface area contributed by atoms with Gasteiger partial charge in [0.05, 0.1) is 0 Å². The average Bonchev–Trinajstić information content (AvgIpc) is 2.36. The third-order valence-corrected chi connectivity index (χ3v) is 3.35. The average molecular weight is 158 g/mol. The lowest BCUT2D eigenvalue weighted by Gasteiger charge is -2.31. The Morgan fingerprint density at radius 2 is 2.00 bits per heavy atom. The molecule has 0 amide bonds. The van der Waals surface area contributed by atoms with E-state index in [4.69, 9.17) is 0 Å². The van der Waals surface area contributed by atoms with E-state index in [0.29, 0.717) is 5.92 Å². The van der Waals surface area contributed by atoms with Crippen molar-refractivity contribution in [2.45, 2.75) is 52.6 Å². The first-order chi connectivity index (χ1) is 5.08. The van der Waals surface area contributed by atoms with Gasteiger partial charge in [0.15, 0.2) is 0 Å². The third kappa shape index (κ3) is 1.74. The van der Waals surface area contributed by atoms with Gasteiger partial charge in [0, 0.05) is 0 Å². The van der Waals surface area contributed by atoms with Gasteiger partial charge in [0.2, 0.25) is 0 Å². The summed E-state index contributed by atoms with van der Waals surface area (Å²) in [5.41, 5.74) is 0.218. The van der Waals surface area contributed by atoms with Crippen LogP contribution in [0.15, 0.2) is 0 Å². The molecule has 0 nitrogen and oxygen atoms in total. The smallest absolute Gasteiger partial charge is 0.103 e. The summed E-state index contributed by atoms with van der Waals surface area (Å²) in [7, 11) is 0. The van der Waals surface area contributed by atoms with Gasteiger partial charge in [-0.3, -0.25) is 0 Å². The minimum absolute atomic E-state index is 0.218. The molecule has 0 aromatic heterocycles. The van der Waals surface area contributed by atoms with Gasteiger partial charge in [-0.1, -0.05) is 33.6 Å². The Labute approximate surface area is 69.2 Å². The zero-order valence-electron chi connectivity index (χ0n) is 7.86. The zero-order valence-corrected chi connectivity index (χ0v) is 7.86. The molecular formula is C10H19F. The van der Waals surface area contributed by atoms with Crippen molar-refractivity contribution in [3.8, 4) is 0 Å². The molecular weight excluding hydrogens is 139 g/mol.